The number of rotatable bonds is 6. The van der Waals surface area contributed by atoms with Gasteiger partial charge in [0, 0.05) is 24.6 Å². The van der Waals surface area contributed by atoms with Crippen LogP contribution in [0.5, 0.6) is 5.88 Å². The van der Waals surface area contributed by atoms with Crippen LogP contribution in [0.1, 0.15) is 27.7 Å². The minimum atomic E-state index is -0.177. The van der Waals surface area contributed by atoms with Crippen LogP contribution in [0.25, 0.3) is 0 Å². The standard InChI is InChI=1S/C12H21N3O2/c1-9(2)17-11-5-10(14-8-15-11)13-6-12(3,4)7-16/h5,8-9,16H,6-7H2,1-4H3,(H,13,14,15). The van der Waals surface area contributed by atoms with E-state index in [-0.39, 0.29) is 18.1 Å². The summed E-state index contributed by atoms with van der Waals surface area (Å²) in [6, 6.07) is 1.76. The van der Waals surface area contributed by atoms with Crippen LogP contribution in [0, 0.1) is 5.41 Å². The maximum absolute atomic E-state index is 9.15. The Kier molecular flexibility index (Phi) is 4.69. The van der Waals surface area contributed by atoms with Gasteiger partial charge in [0.1, 0.15) is 12.1 Å². The second-order valence-electron chi connectivity index (χ2n) is 5.08. The van der Waals surface area contributed by atoms with Gasteiger partial charge in [0.2, 0.25) is 5.88 Å². The molecule has 0 aliphatic carbocycles. The van der Waals surface area contributed by atoms with E-state index in [1.807, 2.05) is 27.7 Å². The van der Waals surface area contributed by atoms with Gasteiger partial charge in [-0.2, -0.15) is 0 Å². The molecule has 5 nitrogen and oxygen atoms in total. The van der Waals surface area contributed by atoms with Gasteiger partial charge in [0.05, 0.1) is 6.10 Å². The van der Waals surface area contributed by atoms with E-state index in [0.717, 1.165) is 0 Å². The fourth-order valence-corrected chi connectivity index (χ4v) is 1.13. The average molecular weight is 239 g/mol. The molecular weight excluding hydrogens is 218 g/mol. The number of ether oxygens (including phenoxy) is 1. The lowest BCUT2D eigenvalue weighted by Gasteiger charge is -2.22. The van der Waals surface area contributed by atoms with E-state index in [1.54, 1.807) is 6.07 Å². The van der Waals surface area contributed by atoms with E-state index >= 15 is 0 Å². The van der Waals surface area contributed by atoms with E-state index in [1.165, 1.54) is 6.33 Å². The monoisotopic (exact) mass is 239 g/mol. The predicted octanol–water partition coefficient (Wildman–Crippen LogP) is 1.69. The highest BCUT2D eigenvalue weighted by molar-refractivity contribution is 5.37. The first-order chi connectivity index (χ1) is 7.93. The molecule has 0 atom stereocenters. The Morgan fingerprint density at radius 3 is 2.71 bits per heavy atom. The predicted molar refractivity (Wildman–Crippen MR) is 67.2 cm³/mol. The zero-order valence-electron chi connectivity index (χ0n) is 10.9. The van der Waals surface area contributed by atoms with Crippen molar-refractivity contribution in [1.82, 2.24) is 9.97 Å². The van der Waals surface area contributed by atoms with Gasteiger partial charge in [0.25, 0.3) is 0 Å². The van der Waals surface area contributed by atoms with Crippen LogP contribution in [0.2, 0.25) is 0 Å². The van der Waals surface area contributed by atoms with E-state index < -0.39 is 0 Å². The molecule has 2 N–H and O–H groups in total. The summed E-state index contributed by atoms with van der Waals surface area (Å²) in [6.07, 6.45) is 1.55. The van der Waals surface area contributed by atoms with Gasteiger partial charge < -0.3 is 15.2 Å². The molecular formula is C12H21N3O2. The molecule has 0 aliphatic rings. The number of aromatic nitrogens is 2. The molecule has 1 heterocycles. The van der Waals surface area contributed by atoms with Gasteiger partial charge in [-0.05, 0) is 13.8 Å². The van der Waals surface area contributed by atoms with Gasteiger partial charge in [-0.1, -0.05) is 13.8 Å². The van der Waals surface area contributed by atoms with Crippen molar-refractivity contribution in [2.75, 3.05) is 18.5 Å². The van der Waals surface area contributed by atoms with Gasteiger partial charge in [-0.25, -0.2) is 9.97 Å². The Bertz CT molecular complexity index is 353. The number of nitrogens with zero attached hydrogens (tertiary/aromatic N) is 2. The molecule has 0 radical (unpaired) electrons. The van der Waals surface area contributed by atoms with Crippen LogP contribution in [0.4, 0.5) is 5.82 Å². The number of anilines is 1. The molecule has 96 valence electrons. The van der Waals surface area contributed by atoms with Crippen LogP contribution in [-0.4, -0.2) is 34.3 Å². The van der Waals surface area contributed by atoms with Crippen molar-refractivity contribution < 1.29 is 9.84 Å². The van der Waals surface area contributed by atoms with Crippen LogP contribution in [-0.2, 0) is 0 Å². The van der Waals surface area contributed by atoms with Crippen molar-refractivity contribution >= 4 is 5.82 Å². The first kappa shape index (κ1) is 13.7. The molecule has 1 rings (SSSR count). The molecule has 0 saturated heterocycles. The molecule has 1 aromatic heterocycles. The summed E-state index contributed by atoms with van der Waals surface area (Å²) < 4.78 is 5.47. The van der Waals surface area contributed by atoms with Gasteiger partial charge in [-0.15, -0.1) is 0 Å². The van der Waals surface area contributed by atoms with Crippen molar-refractivity contribution in [3.63, 3.8) is 0 Å². The number of aliphatic hydroxyl groups excluding tert-OH is 1. The third-order valence-corrected chi connectivity index (χ3v) is 2.17. The molecule has 0 spiro atoms. The Hall–Kier alpha value is -1.36. The van der Waals surface area contributed by atoms with Gasteiger partial charge in [-0.3, -0.25) is 0 Å². The van der Waals surface area contributed by atoms with Crippen molar-refractivity contribution in [2.45, 2.75) is 33.8 Å². The maximum atomic E-state index is 9.15. The fraction of sp³-hybridized carbons (Fsp3) is 0.667. The second-order valence-corrected chi connectivity index (χ2v) is 5.08. The van der Waals surface area contributed by atoms with E-state index in [2.05, 4.69) is 15.3 Å². The first-order valence-electron chi connectivity index (χ1n) is 5.76. The Labute approximate surface area is 102 Å². The second kappa shape index (κ2) is 5.82. The third kappa shape index (κ3) is 4.99. The summed E-state index contributed by atoms with van der Waals surface area (Å²) in [4.78, 5) is 8.12. The Morgan fingerprint density at radius 2 is 2.12 bits per heavy atom. The number of hydrogen-bond acceptors (Lipinski definition) is 5. The van der Waals surface area contributed by atoms with E-state index in [4.69, 9.17) is 9.84 Å². The minimum absolute atomic E-state index is 0.0895. The fourth-order valence-electron chi connectivity index (χ4n) is 1.13. The van der Waals surface area contributed by atoms with Crippen molar-refractivity contribution in [2.24, 2.45) is 5.41 Å². The van der Waals surface area contributed by atoms with Crippen molar-refractivity contribution in [3.05, 3.63) is 12.4 Å². The van der Waals surface area contributed by atoms with Crippen molar-refractivity contribution in [1.29, 1.82) is 0 Å². The van der Waals surface area contributed by atoms with Crippen LogP contribution >= 0.6 is 0 Å². The third-order valence-electron chi connectivity index (χ3n) is 2.17. The Balaban J connectivity index is 2.60. The van der Waals surface area contributed by atoms with Crippen LogP contribution < -0.4 is 10.1 Å². The SMILES string of the molecule is CC(C)Oc1cc(NCC(C)(C)CO)ncn1. The summed E-state index contributed by atoms with van der Waals surface area (Å²) >= 11 is 0. The molecule has 1 aromatic rings. The number of nitrogens with one attached hydrogen (secondary N) is 1. The zero-order chi connectivity index (χ0) is 12.9. The highest BCUT2D eigenvalue weighted by Gasteiger charge is 2.16. The lowest BCUT2D eigenvalue weighted by molar-refractivity contribution is 0.170. The summed E-state index contributed by atoms with van der Waals surface area (Å²) in [7, 11) is 0. The van der Waals surface area contributed by atoms with Crippen LogP contribution in [0.3, 0.4) is 0 Å². The molecule has 0 amide bonds. The molecule has 0 bridgehead atoms. The highest BCUT2D eigenvalue weighted by Crippen LogP contribution is 2.17. The summed E-state index contributed by atoms with van der Waals surface area (Å²) in [5.74, 6) is 1.26. The zero-order valence-corrected chi connectivity index (χ0v) is 10.9. The smallest absolute Gasteiger partial charge is 0.218 e. The normalized spacial score (nSPS) is 11.6. The molecule has 17 heavy (non-hydrogen) atoms. The maximum Gasteiger partial charge on any atom is 0.218 e. The lowest BCUT2D eigenvalue weighted by Crippen LogP contribution is -2.27. The van der Waals surface area contributed by atoms with Crippen molar-refractivity contribution in [3.8, 4) is 5.88 Å². The van der Waals surface area contributed by atoms with Gasteiger partial charge in [0.15, 0.2) is 0 Å². The molecule has 0 aliphatic heterocycles. The highest BCUT2D eigenvalue weighted by atomic mass is 16.5. The number of hydrogen-bond donors (Lipinski definition) is 2. The molecule has 0 unspecified atom stereocenters. The molecule has 5 heteroatoms. The molecule has 0 fully saturated rings. The first-order valence-corrected chi connectivity index (χ1v) is 5.76. The van der Waals surface area contributed by atoms with E-state index in [0.29, 0.717) is 18.2 Å². The van der Waals surface area contributed by atoms with Gasteiger partial charge >= 0.3 is 0 Å². The number of aliphatic hydroxyl groups is 1. The van der Waals surface area contributed by atoms with E-state index in [9.17, 15) is 0 Å². The topological polar surface area (TPSA) is 67.3 Å². The summed E-state index contributed by atoms with van der Waals surface area (Å²) in [6.45, 7) is 8.62. The largest absolute Gasteiger partial charge is 0.475 e. The quantitative estimate of drug-likeness (QED) is 0.790. The Morgan fingerprint density at radius 1 is 1.41 bits per heavy atom. The van der Waals surface area contributed by atoms with Crippen LogP contribution in [0.15, 0.2) is 12.4 Å². The summed E-state index contributed by atoms with van der Waals surface area (Å²) in [5.41, 5.74) is -0.177. The minimum Gasteiger partial charge on any atom is -0.475 e. The molecule has 0 aromatic carbocycles. The molecule has 0 saturated carbocycles. The summed E-state index contributed by atoms with van der Waals surface area (Å²) in [5, 5.41) is 12.3. The average Bonchev–Trinajstić information content (AvgIpc) is 2.26. The lowest BCUT2D eigenvalue weighted by atomic mass is 9.95.